The van der Waals surface area contributed by atoms with Crippen LogP contribution < -0.4 is 11.1 Å². The van der Waals surface area contributed by atoms with Crippen LogP contribution in [0.5, 0.6) is 0 Å². The average Bonchev–Trinajstić information content (AvgIpc) is 2.29. The van der Waals surface area contributed by atoms with Gasteiger partial charge in [-0.15, -0.1) is 0 Å². The van der Waals surface area contributed by atoms with Gasteiger partial charge in [-0.25, -0.2) is 0 Å². The second-order valence-electron chi connectivity index (χ2n) is 4.60. The van der Waals surface area contributed by atoms with Crippen molar-refractivity contribution in [2.24, 2.45) is 17.6 Å². The molecule has 0 saturated heterocycles. The number of carbonyl (C=O) groups is 1. The van der Waals surface area contributed by atoms with Crippen molar-refractivity contribution >= 4 is 5.91 Å². The minimum Gasteiger partial charge on any atom is -0.356 e. The minimum absolute atomic E-state index is 0.254. The molecular weight excluding hydrogens is 188 g/mol. The predicted molar refractivity (Wildman–Crippen MR) is 62.4 cm³/mol. The molecule has 1 aliphatic carbocycles. The molecule has 0 aromatic heterocycles. The third-order valence-electron chi connectivity index (χ3n) is 3.38. The van der Waals surface area contributed by atoms with Gasteiger partial charge in [-0.2, -0.15) is 0 Å². The number of nitrogens with two attached hydrogens (primary N) is 1. The first-order chi connectivity index (χ1) is 7.27. The summed E-state index contributed by atoms with van der Waals surface area (Å²) in [5.41, 5.74) is 5.62. The Morgan fingerprint density at radius 1 is 1.33 bits per heavy atom. The second-order valence-corrected chi connectivity index (χ2v) is 4.60. The molecule has 3 N–H and O–H groups in total. The molecule has 3 nitrogen and oxygen atoms in total. The lowest BCUT2D eigenvalue weighted by Crippen LogP contribution is -2.34. The SMILES string of the molecule is CCCCNC(=O)[C@H]1CC[C@H](CN)CC1. The van der Waals surface area contributed by atoms with Crippen LogP contribution >= 0.6 is 0 Å². The number of hydrogen-bond acceptors (Lipinski definition) is 2. The molecule has 1 saturated carbocycles. The molecule has 15 heavy (non-hydrogen) atoms. The lowest BCUT2D eigenvalue weighted by Gasteiger charge is -2.26. The second kappa shape index (κ2) is 6.83. The first kappa shape index (κ1) is 12.5. The summed E-state index contributed by atoms with van der Waals surface area (Å²) in [7, 11) is 0. The summed E-state index contributed by atoms with van der Waals surface area (Å²) in [4.78, 5) is 11.7. The van der Waals surface area contributed by atoms with Crippen molar-refractivity contribution in [3.63, 3.8) is 0 Å². The minimum atomic E-state index is 0.254. The van der Waals surface area contributed by atoms with Gasteiger partial charge >= 0.3 is 0 Å². The monoisotopic (exact) mass is 212 g/mol. The summed E-state index contributed by atoms with van der Waals surface area (Å²) < 4.78 is 0. The topological polar surface area (TPSA) is 55.1 Å². The summed E-state index contributed by atoms with van der Waals surface area (Å²) in [6, 6.07) is 0. The van der Waals surface area contributed by atoms with Gasteiger partial charge in [0.25, 0.3) is 0 Å². The van der Waals surface area contributed by atoms with E-state index in [0.717, 1.165) is 51.6 Å². The molecule has 1 fully saturated rings. The Hall–Kier alpha value is -0.570. The first-order valence-electron chi connectivity index (χ1n) is 6.25. The summed E-state index contributed by atoms with van der Waals surface area (Å²) in [5.74, 6) is 1.17. The van der Waals surface area contributed by atoms with E-state index in [9.17, 15) is 4.79 Å². The van der Waals surface area contributed by atoms with Crippen LogP contribution in [0.4, 0.5) is 0 Å². The number of rotatable bonds is 5. The van der Waals surface area contributed by atoms with E-state index in [1.54, 1.807) is 0 Å². The largest absolute Gasteiger partial charge is 0.356 e. The van der Waals surface area contributed by atoms with Gasteiger partial charge in [-0.05, 0) is 44.6 Å². The number of nitrogens with one attached hydrogen (secondary N) is 1. The van der Waals surface area contributed by atoms with E-state index >= 15 is 0 Å². The lowest BCUT2D eigenvalue weighted by atomic mass is 9.81. The van der Waals surface area contributed by atoms with E-state index in [2.05, 4.69) is 12.2 Å². The van der Waals surface area contributed by atoms with Crippen LogP contribution in [-0.4, -0.2) is 19.0 Å². The van der Waals surface area contributed by atoms with Crippen molar-refractivity contribution in [2.75, 3.05) is 13.1 Å². The van der Waals surface area contributed by atoms with E-state index in [4.69, 9.17) is 5.73 Å². The van der Waals surface area contributed by atoms with Crippen LogP contribution in [0.2, 0.25) is 0 Å². The van der Waals surface area contributed by atoms with E-state index in [0.29, 0.717) is 5.92 Å². The number of hydrogen-bond donors (Lipinski definition) is 2. The molecule has 0 spiro atoms. The van der Waals surface area contributed by atoms with Crippen molar-refractivity contribution < 1.29 is 4.79 Å². The van der Waals surface area contributed by atoms with Crippen LogP contribution in [0.1, 0.15) is 45.4 Å². The van der Waals surface area contributed by atoms with Gasteiger partial charge < -0.3 is 11.1 Å². The number of unbranched alkanes of at least 4 members (excludes halogenated alkanes) is 1. The highest BCUT2D eigenvalue weighted by molar-refractivity contribution is 5.78. The molecule has 88 valence electrons. The fraction of sp³-hybridized carbons (Fsp3) is 0.917. The van der Waals surface area contributed by atoms with Crippen molar-refractivity contribution in [3.05, 3.63) is 0 Å². The zero-order valence-electron chi connectivity index (χ0n) is 9.80. The highest BCUT2D eigenvalue weighted by atomic mass is 16.1. The van der Waals surface area contributed by atoms with E-state index in [-0.39, 0.29) is 11.8 Å². The standard InChI is InChI=1S/C12H24N2O/c1-2-3-8-14-12(15)11-6-4-10(9-13)5-7-11/h10-11H,2-9,13H2,1H3,(H,14,15)/t10-,11-. The highest BCUT2D eigenvalue weighted by Gasteiger charge is 2.24. The predicted octanol–water partition coefficient (Wildman–Crippen LogP) is 1.67. The molecule has 1 aliphatic rings. The van der Waals surface area contributed by atoms with Crippen LogP contribution in [0.3, 0.4) is 0 Å². The normalized spacial score (nSPS) is 26.3. The molecule has 0 aromatic carbocycles. The molecule has 1 rings (SSSR count). The Kier molecular flexibility index (Phi) is 5.69. The van der Waals surface area contributed by atoms with Gasteiger partial charge in [0.15, 0.2) is 0 Å². The molecule has 1 amide bonds. The van der Waals surface area contributed by atoms with Gasteiger partial charge in [0.2, 0.25) is 5.91 Å². The smallest absolute Gasteiger partial charge is 0.223 e. The molecule has 0 heterocycles. The summed E-state index contributed by atoms with van der Waals surface area (Å²) >= 11 is 0. The van der Waals surface area contributed by atoms with Crippen molar-refractivity contribution in [2.45, 2.75) is 45.4 Å². The quantitative estimate of drug-likeness (QED) is 0.681. The fourth-order valence-electron chi connectivity index (χ4n) is 2.19. The lowest BCUT2D eigenvalue weighted by molar-refractivity contribution is -0.126. The summed E-state index contributed by atoms with van der Waals surface area (Å²) in [6.45, 7) is 3.76. The van der Waals surface area contributed by atoms with Gasteiger partial charge in [-0.1, -0.05) is 13.3 Å². The number of amides is 1. The van der Waals surface area contributed by atoms with Crippen molar-refractivity contribution in [1.29, 1.82) is 0 Å². The van der Waals surface area contributed by atoms with Gasteiger partial charge in [0.05, 0.1) is 0 Å². The molecule has 3 heteroatoms. The van der Waals surface area contributed by atoms with Gasteiger partial charge in [0, 0.05) is 12.5 Å². The number of carbonyl (C=O) groups excluding carboxylic acids is 1. The molecular formula is C12H24N2O. The van der Waals surface area contributed by atoms with Crippen LogP contribution in [-0.2, 0) is 4.79 Å². The van der Waals surface area contributed by atoms with Crippen LogP contribution in [0, 0.1) is 11.8 Å². The maximum absolute atomic E-state index is 11.7. The highest BCUT2D eigenvalue weighted by Crippen LogP contribution is 2.27. The maximum Gasteiger partial charge on any atom is 0.223 e. The molecule has 0 atom stereocenters. The Labute approximate surface area is 92.8 Å². The van der Waals surface area contributed by atoms with Gasteiger partial charge in [-0.3, -0.25) is 4.79 Å². The Morgan fingerprint density at radius 2 is 2.00 bits per heavy atom. The van der Waals surface area contributed by atoms with Crippen molar-refractivity contribution in [1.82, 2.24) is 5.32 Å². The molecule has 0 unspecified atom stereocenters. The zero-order chi connectivity index (χ0) is 11.1. The first-order valence-corrected chi connectivity index (χ1v) is 6.25. The average molecular weight is 212 g/mol. The van der Waals surface area contributed by atoms with E-state index in [1.165, 1.54) is 0 Å². The third kappa shape index (κ3) is 4.20. The molecule has 0 radical (unpaired) electrons. The Balaban J connectivity index is 2.18. The Morgan fingerprint density at radius 3 is 2.53 bits per heavy atom. The van der Waals surface area contributed by atoms with Gasteiger partial charge in [0.1, 0.15) is 0 Å². The fourth-order valence-corrected chi connectivity index (χ4v) is 2.19. The summed E-state index contributed by atoms with van der Waals surface area (Å²) in [6.07, 6.45) is 6.54. The molecule has 0 aromatic rings. The van der Waals surface area contributed by atoms with E-state index < -0.39 is 0 Å². The third-order valence-corrected chi connectivity index (χ3v) is 3.38. The zero-order valence-corrected chi connectivity index (χ0v) is 9.80. The van der Waals surface area contributed by atoms with Crippen LogP contribution in [0.25, 0.3) is 0 Å². The Bertz CT molecular complexity index is 186. The van der Waals surface area contributed by atoms with Crippen LogP contribution in [0.15, 0.2) is 0 Å². The summed E-state index contributed by atoms with van der Waals surface area (Å²) in [5, 5.41) is 3.02. The maximum atomic E-state index is 11.7. The van der Waals surface area contributed by atoms with Crippen molar-refractivity contribution in [3.8, 4) is 0 Å². The van der Waals surface area contributed by atoms with E-state index in [1.807, 2.05) is 0 Å². The molecule has 0 bridgehead atoms. The molecule has 0 aliphatic heterocycles.